The molecule has 29 heavy (non-hydrogen) atoms. The molecule has 3 aromatic rings. The summed E-state index contributed by atoms with van der Waals surface area (Å²) in [4.78, 5) is 24.9. The van der Waals surface area contributed by atoms with Gasteiger partial charge in [0.1, 0.15) is 0 Å². The van der Waals surface area contributed by atoms with Crippen molar-refractivity contribution in [3.63, 3.8) is 0 Å². The van der Waals surface area contributed by atoms with E-state index in [1.807, 2.05) is 84.9 Å². The summed E-state index contributed by atoms with van der Waals surface area (Å²) in [7, 11) is 0. The molecule has 0 saturated heterocycles. The van der Waals surface area contributed by atoms with Gasteiger partial charge in [-0.2, -0.15) is 5.10 Å². The minimum Gasteiger partial charge on any atom is -0.346 e. The Kier molecular flexibility index (Phi) is 7.30. The molecule has 2 amide bonds. The van der Waals surface area contributed by atoms with E-state index in [1.54, 1.807) is 6.21 Å². The van der Waals surface area contributed by atoms with Gasteiger partial charge in [0.25, 0.3) is 5.91 Å². The smallest absolute Gasteiger partial charge is 0.259 e. The minimum absolute atomic E-state index is 0.160. The zero-order valence-corrected chi connectivity index (χ0v) is 17.2. The number of carbonyl (C=O) groups excluding carboxylic acids is 2. The molecule has 0 atom stereocenters. The van der Waals surface area contributed by atoms with Gasteiger partial charge < -0.3 is 5.32 Å². The van der Waals surface area contributed by atoms with E-state index >= 15 is 0 Å². The van der Waals surface area contributed by atoms with Crippen molar-refractivity contribution in [3.8, 4) is 0 Å². The summed E-state index contributed by atoms with van der Waals surface area (Å²) in [5.74, 6) is -1.13. The number of benzene rings is 3. The van der Waals surface area contributed by atoms with Crippen LogP contribution in [0.1, 0.15) is 22.6 Å². The zero-order chi connectivity index (χ0) is 20.5. The first-order valence-corrected chi connectivity index (χ1v) is 9.88. The van der Waals surface area contributed by atoms with Crippen LogP contribution in [0.4, 0.5) is 0 Å². The molecule has 0 saturated carbocycles. The zero-order valence-electron chi connectivity index (χ0n) is 15.6. The van der Waals surface area contributed by atoms with Crippen LogP contribution in [0.2, 0.25) is 0 Å². The average molecular weight is 450 g/mol. The second-order valence-electron chi connectivity index (χ2n) is 6.32. The third-order valence-corrected chi connectivity index (χ3v) is 4.75. The minimum atomic E-state index is -0.489. The summed E-state index contributed by atoms with van der Waals surface area (Å²) in [5.41, 5.74) is 5.01. The van der Waals surface area contributed by atoms with Crippen LogP contribution in [-0.2, 0) is 9.59 Å². The van der Waals surface area contributed by atoms with Crippen molar-refractivity contribution in [1.82, 2.24) is 10.7 Å². The van der Waals surface area contributed by atoms with Gasteiger partial charge in [-0.3, -0.25) is 9.59 Å². The quantitative estimate of drug-likeness (QED) is 0.424. The van der Waals surface area contributed by atoms with Gasteiger partial charge in [-0.15, -0.1) is 0 Å². The highest BCUT2D eigenvalue weighted by atomic mass is 79.9. The Labute approximate surface area is 178 Å². The number of halogens is 1. The van der Waals surface area contributed by atoms with E-state index in [4.69, 9.17) is 0 Å². The summed E-state index contributed by atoms with van der Waals surface area (Å²) in [6.07, 6.45) is 1.54. The fourth-order valence-electron chi connectivity index (χ4n) is 2.82. The van der Waals surface area contributed by atoms with Crippen molar-refractivity contribution in [1.29, 1.82) is 0 Å². The third kappa shape index (κ3) is 6.12. The molecule has 0 fully saturated rings. The molecule has 0 spiro atoms. The van der Waals surface area contributed by atoms with E-state index in [-0.39, 0.29) is 12.5 Å². The Hall–Kier alpha value is -3.25. The SMILES string of the molecule is O=C(CNC(=O)C(c1ccccc1)c1ccccc1)NN=Cc1ccc(Br)cc1. The highest BCUT2D eigenvalue weighted by molar-refractivity contribution is 9.10. The molecule has 5 nitrogen and oxygen atoms in total. The highest BCUT2D eigenvalue weighted by Crippen LogP contribution is 2.24. The van der Waals surface area contributed by atoms with Gasteiger partial charge in [0.2, 0.25) is 5.91 Å². The average Bonchev–Trinajstić information content (AvgIpc) is 2.75. The van der Waals surface area contributed by atoms with E-state index in [2.05, 4.69) is 31.8 Å². The van der Waals surface area contributed by atoms with Gasteiger partial charge in [0.05, 0.1) is 18.7 Å². The Morgan fingerprint density at radius 3 is 1.97 bits per heavy atom. The summed E-state index contributed by atoms with van der Waals surface area (Å²) in [5, 5.41) is 6.62. The number of hydrogen-bond acceptors (Lipinski definition) is 3. The van der Waals surface area contributed by atoms with E-state index in [9.17, 15) is 9.59 Å². The van der Waals surface area contributed by atoms with Crippen molar-refractivity contribution in [2.45, 2.75) is 5.92 Å². The molecular weight excluding hydrogens is 430 g/mol. The number of nitrogens with one attached hydrogen (secondary N) is 2. The van der Waals surface area contributed by atoms with Crippen LogP contribution in [0, 0.1) is 0 Å². The van der Waals surface area contributed by atoms with Crippen molar-refractivity contribution in [2.75, 3.05) is 6.54 Å². The van der Waals surface area contributed by atoms with Crippen molar-refractivity contribution < 1.29 is 9.59 Å². The molecule has 146 valence electrons. The first-order valence-electron chi connectivity index (χ1n) is 9.08. The molecule has 0 aliphatic rings. The monoisotopic (exact) mass is 449 g/mol. The Morgan fingerprint density at radius 2 is 1.41 bits per heavy atom. The van der Waals surface area contributed by atoms with Gasteiger partial charge in [-0.1, -0.05) is 88.7 Å². The van der Waals surface area contributed by atoms with E-state index in [0.717, 1.165) is 21.2 Å². The summed E-state index contributed by atoms with van der Waals surface area (Å²) < 4.78 is 0.966. The molecule has 0 aliphatic carbocycles. The van der Waals surface area contributed by atoms with E-state index in [1.165, 1.54) is 0 Å². The van der Waals surface area contributed by atoms with Gasteiger partial charge in [-0.05, 0) is 28.8 Å². The lowest BCUT2D eigenvalue weighted by Crippen LogP contribution is -2.37. The number of hydrazone groups is 1. The molecule has 6 heteroatoms. The second kappa shape index (κ2) is 10.3. The van der Waals surface area contributed by atoms with Gasteiger partial charge >= 0.3 is 0 Å². The topological polar surface area (TPSA) is 70.6 Å². The van der Waals surface area contributed by atoms with E-state index < -0.39 is 11.8 Å². The lowest BCUT2D eigenvalue weighted by molar-refractivity contribution is -0.126. The second-order valence-corrected chi connectivity index (χ2v) is 7.23. The molecule has 0 radical (unpaired) electrons. The molecule has 0 heterocycles. The summed E-state index contributed by atoms with van der Waals surface area (Å²) in [6.45, 7) is -0.160. The lowest BCUT2D eigenvalue weighted by Gasteiger charge is -2.17. The molecule has 0 bridgehead atoms. The Balaban J connectivity index is 1.60. The van der Waals surface area contributed by atoms with E-state index in [0.29, 0.717) is 0 Å². The standard InChI is InChI=1S/C23H20BrN3O2/c24-20-13-11-17(12-14-20)15-26-27-21(28)16-25-23(29)22(18-7-3-1-4-8-18)19-9-5-2-6-10-19/h1-15,22H,16H2,(H,25,29)(H,27,28). The number of hydrogen-bond donors (Lipinski definition) is 2. The van der Waals surface area contributed by atoms with Gasteiger partial charge in [0.15, 0.2) is 0 Å². The molecule has 0 aromatic heterocycles. The van der Waals surface area contributed by atoms with Crippen LogP contribution in [0.15, 0.2) is 94.5 Å². The highest BCUT2D eigenvalue weighted by Gasteiger charge is 2.22. The number of rotatable bonds is 7. The van der Waals surface area contributed by atoms with Crippen LogP contribution in [0.3, 0.4) is 0 Å². The Bertz CT molecular complexity index is 935. The largest absolute Gasteiger partial charge is 0.346 e. The van der Waals surface area contributed by atoms with Crippen LogP contribution >= 0.6 is 15.9 Å². The fraction of sp³-hybridized carbons (Fsp3) is 0.0870. The lowest BCUT2D eigenvalue weighted by atomic mass is 9.90. The van der Waals surface area contributed by atoms with Crippen molar-refractivity contribution >= 4 is 34.0 Å². The molecule has 3 aromatic carbocycles. The first kappa shape index (κ1) is 20.5. The summed E-state index contributed by atoms with van der Waals surface area (Å²) >= 11 is 3.36. The molecule has 3 rings (SSSR count). The van der Waals surface area contributed by atoms with Crippen LogP contribution in [0.5, 0.6) is 0 Å². The molecule has 0 unspecified atom stereocenters. The third-order valence-electron chi connectivity index (χ3n) is 4.22. The predicted molar refractivity (Wildman–Crippen MR) is 118 cm³/mol. The maximum Gasteiger partial charge on any atom is 0.259 e. The van der Waals surface area contributed by atoms with Gasteiger partial charge in [0, 0.05) is 4.47 Å². The predicted octanol–water partition coefficient (Wildman–Crippen LogP) is 3.85. The number of nitrogens with zero attached hydrogens (tertiary/aromatic N) is 1. The molecule has 0 aliphatic heterocycles. The normalized spacial score (nSPS) is 10.8. The molecule has 2 N–H and O–H groups in total. The fourth-order valence-corrected chi connectivity index (χ4v) is 3.09. The molecular formula is C23H20BrN3O2. The maximum atomic E-state index is 12.8. The number of amides is 2. The van der Waals surface area contributed by atoms with Crippen LogP contribution in [-0.4, -0.2) is 24.6 Å². The van der Waals surface area contributed by atoms with Gasteiger partial charge in [-0.25, -0.2) is 5.43 Å². The first-order chi connectivity index (χ1) is 14.1. The van der Waals surface area contributed by atoms with Crippen LogP contribution in [0.25, 0.3) is 0 Å². The van der Waals surface area contributed by atoms with Crippen molar-refractivity contribution in [2.24, 2.45) is 5.10 Å². The number of carbonyl (C=O) groups is 2. The van der Waals surface area contributed by atoms with Crippen molar-refractivity contribution in [3.05, 3.63) is 106 Å². The van der Waals surface area contributed by atoms with Crippen LogP contribution < -0.4 is 10.7 Å². The maximum absolute atomic E-state index is 12.8. The Morgan fingerprint density at radius 1 is 0.862 bits per heavy atom. The summed E-state index contributed by atoms with van der Waals surface area (Å²) in [6, 6.07) is 26.5.